The van der Waals surface area contributed by atoms with Crippen molar-refractivity contribution in [3.05, 3.63) is 101 Å². The Balaban J connectivity index is 1.87. The quantitative estimate of drug-likeness (QED) is 0.305. The molecule has 0 aliphatic carbocycles. The number of ether oxygens (including phenoxy) is 1. The largest absolute Gasteiger partial charge is 0.507 e. The molecule has 0 bridgehead atoms. The monoisotopic (exact) mass is 441 g/mol. The maximum atomic E-state index is 13.3. The van der Waals surface area contributed by atoms with Gasteiger partial charge >= 0.3 is 0 Å². The molecule has 1 aliphatic heterocycles. The van der Waals surface area contributed by atoms with Crippen LogP contribution < -0.4 is 9.64 Å². The molecular weight excluding hydrogens is 414 g/mol. The lowest BCUT2D eigenvalue weighted by Gasteiger charge is -2.26. The lowest BCUT2D eigenvalue weighted by Crippen LogP contribution is -2.29. The van der Waals surface area contributed by atoms with Crippen molar-refractivity contribution >= 4 is 23.1 Å². The number of benzene rings is 3. The predicted octanol–water partition coefficient (Wildman–Crippen LogP) is 5.66. The SMILES string of the molecule is Cc1ccccc1C1/C(=C(\O)c2cccc(OCC(C)C)c2)C(=O)C(=O)N1c1ccccc1. The van der Waals surface area contributed by atoms with E-state index in [9.17, 15) is 14.7 Å². The molecule has 1 heterocycles. The molecule has 1 amide bonds. The molecule has 3 aromatic rings. The van der Waals surface area contributed by atoms with E-state index in [1.165, 1.54) is 4.90 Å². The second kappa shape index (κ2) is 9.33. The Labute approximate surface area is 193 Å². The van der Waals surface area contributed by atoms with Crippen LogP contribution in [-0.2, 0) is 9.59 Å². The average Bonchev–Trinajstić information content (AvgIpc) is 3.08. The van der Waals surface area contributed by atoms with Gasteiger partial charge in [-0.05, 0) is 48.2 Å². The highest BCUT2D eigenvalue weighted by Crippen LogP contribution is 2.43. The summed E-state index contributed by atoms with van der Waals surface area (Å²) < 4.78 is 5.79. The van der Waals surface area contributed by atoms with Crippen molar-refractivity contribution in [2.45, 2.75) is 26.8 Å². The number of hydrogen-bond acceptors (Lipinski definition) is 4. The smallest absolute Gasteiger partial charge is 0.300 e. The van der Waals surface area contributed by atoms with Crippen LogP contribution in [0.1, 0.15) is 36.6 Å². The van der Waals surface area contributed by atoms with Gasteiger partial charge in [0.2, 0.25) is 0 Å². The van der Waals surface area contributed by atoms with Crippen molar-refractivity contribution in [3.63, 3.8) is 0 Å². The number of rotatable bonds is 6. The van der Waals surface area contributed by atoms with Crippen LogP contribution in [0.4, 0.5) is 5.69 Å². The van der Waals surface area contributed by atoms with Crippen LogP contribution in [0.25, 0.3) is 5.76 Å². The van der Waals surface area contributed by atoms with Gasteiger partial charge in [-0.3, -0.25) is 14.5 Å². The molecule has 168 valence electrons. The van der Waals surface area contributed by atoms with Crippen molar-refractivity contribution in [2.75, 3.05) is 11.5 Å². The van der Waals surface area contributed by atoms with Gasteiger partial charge in [-0.1, -0.05) is 68.4 Å². The number of aliphatic hydroxyl groups excluding tert-OH is 1. The zero-order chi connectivity index (χ0) is 23.5. The number of amides is 1. The van der Waals surface area contributed by atoms with Crippen molar-refractivity contribution in [1.82, 2.24) is 0 Å². The Bertz CT molecular complexity index is 1210. The van der Waals surface area contributed by atoms with Gasteiger partial charge in [0.15, 0.2) is 0 Å². The van der Waals surface area contributed by atoms with Crippen LogP contribution in [0, 0.1) is 12.8 Å². The molecule has 0 saturated carbocycles. The van der Waals surface area contributed by atoms with Crippen LogP contribution in [0.2, 0.25) is 0 Å². The summed E-state index contributed by atoms with van der Waals surface area (Å²) in [4.78, 5) is 27.9. The molecular formula is C28H27NO4. The van der Waals surface area contributed by atoms with Gasteiger partial charge < -0.3 is 9.84 Å². The van der Waals surface area contributed by atoms with E-state index in [0.717, 1.165) is 11.1 Å². The van der Waals surface area contributed by atoms with Gasteiger partial charge in [-0.15, -0.1) is 0 Å². The lowest BCUT2D eigenvalue weighted by molar-refractivity contribution is -0.132. The van der Waals surface area contributed by atoms with Gasteiger partial charge in [0.1, 0.15) is 11.5 Å². The summed E-state index contributed by atoms with van der Waals surface area (Å²) in [6, 6.07) is 22.9. The van der Waals surface area contributed by atoms with Crippen LogP contribution in [0.3, 0.4) is 0 Å². The summed E-state index contributed by atoms with van der Waals surface area (Å²) in [5.41, 5.74) is 2.81. The number of aliphatic hydroxyl groups is 1. The molecule has 0 spiro atoms. The Morgan fingerprint density at radius 1 is 0.970 bits per heavy atom. The van der Waals surface area contributed by atoms with E-state index in [1.54, 1.807) is 36.4 Å². The average molecular weight is 442 g/mol. The number of aryl methyl sites for hydroxylation is 1. The third kappa shape index (κ3) is 4.40. The molecule has 0 aromatic heterocycles. The molecule has 1 N–H and O–H groups in total. The number of para-hydroxylation sites is 1. The van der Waals surface area contributed by atoms with E-state index in [-0.39, 0.29) is 11.3 Å². The number of anilines is 1. The van der Waals surface area contributed by atoms with Gasteiger partial charge in [0.25, 0.3) is 11.7 Å². The summed E-state index contributed by atoms with van der Waals surface area (Å²) in [6.07, 6.45) is 0. The molecule has 4 rings (SSSR count). The Morgan fingerprint density at radius 3 is 2.36 bits per heavy atom. The first kappa shape index (κ1) is 22.3. The minimum absolute atomic E-state index is 0.0687. The number of carbonyl (C=O) groups excluding carboxylic acids is 2. The number of Topliss-reactive ketones (excluding diaryl/α,β-unsaturated/α-hetero) is 1. The highest BCUT2D eigenvalue weighted by atomic mass is 16.5. The van der Waals surface area contributed by atoms with Gasteiger partial charge in [0, 0.05) is 11.3 Å². The molecule has 33 heavy (non-hydrogen) atoms. The Kier molecular flexibility index (Phi) is 6.31. The van der Waals surface area contributed by atoms with E-state index in [4.69, 9.17) is 4.74 Å². The topological polar surface area (TPSA) is 66.8 Å². The number of ketones is 1. The molecule has 1 saturated heterocycles. The molecule has 3 aromatic carbocycles. The second-order valence-electron chi connectivity index (χ2n) is 8.59. The molecule has 5 heteroatoms. The van der Waals surface area contributed by atoms with Crippen molar-refractivity contribution in [2.24, 2.45) is 5.92 Å². The molecule has 1 atom stereocenters. The van der Waals surface area contributed by atoms with Crippen LogP contribution >= 0.6 is 0 Å². The zero-order valence-corrected chi connectivity index (χ0v) is 19.0. The maximum absolute atomic E-state index is 13.3. The molecule has 1 aliphatic rings. The zero-order valence-electron chi connectivity index (χ0n) is 19.0. The van der Waals surface area contributed by atoms with Gasteiger partial charge in [-0.2, -0.15) is 0 Å². The maximum Gasteiger partial charge on any atom is 0.300 e. The first-order valence-electron chi connectivity index (χ1n) is 11.0. The van der Waals surface area contributed by atoms with Crippen molar-refractivity contribution in [1.29, 1.82) is 0 Å². The summed E-state index contributed by atoms with van der Waals surface area (Å²) in [6.45, 7) is 6.57. The first-order chi connectivity index (χ1) is 15.9. The van der Waals surface area contributed by atoms with Crippen molar-refractivity contribution < 1.29 is 19.4 Å². The molecule has 1 unspecified atom stereocenters. The third-order valence-electron chi connectivity index (χ3n) is 5.65. The Hall–Kier alpha value is -3.86. The Morgan fingerprint density at radius 2 is 1.67 bits per heavy atom. The summed E-state index contributed by atoms with van der Waals surface area (Å²) in [5, 5.41) is 11.3. The van der Waals surface area contributed by atoms with Crippen molar-refractivity contribution in [3.8, 4) is 5.75 Å². The van der Waals surface area contributed by atoms with E-state index < -0.39 is 17.7 Å². The third-order valence-corrected chi connectivity index (χ3v) is 5.65. The number of hydrogen-bond donors (Lipinski definition) is 1. The van der Waals surface area contributed by atoms with E-state index >= 15 is 0 Å². The number of carbonyl (C=O) groups is 2. The summed E-state index contributed by atoms with van der Waals surface area (Å²) in [7, 11) is 0. The second-order valence-corrected chi connectivity index (χ2v) is 8.59. The first-order valence-corrected chi connectivity index (χ1v) is 11.0. The summed E-state index contributed by atoms with van der Waals surface area (Å²) >= 11 is 0. The highest BCUT2D eigenvalue weighted by molar-refractivity contribution is 6.51. The minimum atomic E-state index is -0.742. The molecule has 0 radical (unpaired) electrons. The normalized spacial score (nSPS) is 17.6. The minimum Gasteiger partial charge on any atom is -0.507 e. The van der Waals surface area contributed by atoms with Crippen LogP contribution in [0.5, 0.6) is 5.75 Å². The highest BCUT2D eigenvalue weighted by Gasteiger charge is 2.47. The fraction of sp³-hybridized carbons (Fsp3) is 0.214. The fourth-order valence-electron chi connectivity index (χ4n) is 4.03. The van der Waals surface area contributed by atoms with E-state index in [2.05, 4.69) is 13.8 Å². The van der Waals surface area contributed by atoms with Gasteiger partial charge in [0.05, 0.1) is 18.2 Å². The summed E-state index contributed by atoms with van der Waals surface area (Å²) in [5.74, 6) is -0.645. The molecule has 5 nitrogen and oxygen atoms in total. The van der Waals surface area contributed by atoms with Crippen LogP contribution in [-0.4, -0.2) is 23.4 Å². The van der Waals surface area contributed by atoms with E-state index in [0.29, 0.717) is 29.5 Å². The number of nitrogens with zero attached hydrogens (tertiary/aromatic N) is 1. The lowest BCUT2D eigenvalue weighted by atomic mass is 9.92. The predicted molar refractivity (Wildman–Crippen MR) is 129 cm³/mol. The van der Waals surface area contributed by atoms with Gasteiger partial charge in [-0.25, -0.2) is 0 Å². The van der Waals surface area contributed by atoms with E-state index in [1.807, 2.05) is 49.4 Å². The van der Waals surface area contributed by atoms with Crippen LogP contribution in [0.15, 0.2) is 84.4 Å². The fourth-order valence-corrected chi connectivity index (χ4v) is 4.03. The standard InChI is InChI=1S/C28H27NO4/c1-18(2)17-33-22-14-9-11-20(16-22)26(30)24-25(23-15-8-7-10-19(23)3)29(28(32)27(24)31)21-12-5-4-6-13-21/h4-16,18,25,30H,17H2,1-3H3/b26-24+. The molecule has 1 fully saturated rings.